The van der Waals surface area contributed by atoms with Crippen molar-refractivity contribution in [1.82, 2.24) is 0 Å². The molecule has 7 heteroatoms. The predicted molar refractivity (Wildman–Crippen MR) is 169 cm³/mol. The quantitative estimate of drug-likeness (QED) is 0.0920. The first-order chi connectivity index (χ1) is 18.5. The van der Waals surface area contributed by atoms with E-state index in [0.717, 1.165) is 18.8 Å². The van der Waals surface area contributed by atoms with Crippen LogP contribution >= 0.6 is 11.6 Å². The lowest BCUT2D eigenvalue weighted by Crippen LogP contribution is -2.21. The van der Waals surface area contributed by atoms with Gasteiger partial charge in [-0.2, -0.15) is 0 Å². The normalized spacial score (nSPS) is 12.1. The van der Waals surface area contributed by atoms with Gasteiger partial charge in [0.15, 0.2) is 5.78 Å². The molecule has 0 saturated carbocycles. The molecular formula is C33H55ClO6. The summed E-state index contributed by atoms with van der Waals surface area (Å²) < 4.78 is 14.7. The number of allylic oxidation sites excluding steroid dienone is 4. The molecule has 2 unspecified atom stereocenters. The van der Waals surface area contributed by atoms with E-state index >= 15 is 0 Å². The molecule has 0 aliphatic heterocycles. The van der Waals surface area contributed by atoms with E-state index in [0.29, 0.717) is 11.8 Å². The molecule has 2 atom stereocenters. The number of esters is 1. The summed E-state index contributed by atoms with van der Waals surface area (Å²) in [6.07, 6.45) is 8.67. The first-order valence-electron chi connectivity index (χ1n) is 13.7. The molecule has 0 aromatic heterocycles. The van der Waals surface area contributed by atoms with Crippen LogP contribution in [-0.2, 0) is 19.0 Å². The maximum atomic E-state index is 10.8. The minimum Gasteiger partial charge on any atom is -0.507 e. The molecule has 40 heavy (non-hydrogen) atoms. The number of Topliss-reactive ketones (excluding diaryl/α,β-unsaturated/α-hetero) is 1. The third-order valence-electron chi connectivity index (χ3n) is 5.24. The standard InChI is InChI=1S/C16H28O.C8H7ClO2.C6H12O2.C3H8O/c1-7-9-10-14(4)15(5)12-16(17-6)11-13(3)8-2;1-5(10)8-6(9)3-2-4-7(8)11;1-5(7)8-6(2,3)4;1-3-4-2/h8,12-14H,2,5,7,9-11H2,1,3-4,6H3;2-4,11H,1H3;1-4H3;3H2,1-2H3/b16-12-;;;. The van der Waals surface area contributed by atoms with Gasteiger partial charge < -0.3 is 19.3 Å². The molecule has 0 fully saturated rings. The maximum Gasteiger partial charge on any atom is 0.303 e. The van der Waals surface area contributed by atoms with E-state index < -0.39 is 0 Å². The van der Waals surface area contributed by atoms with Gasteiger partial charge in [-0.15, -0.1) is 6.58 Å². The lowest BCUT2D eigenvalue weighted by molar-refractivity contribution is -0.151. The summed E-state index contributed by atoms with van der Waals surface area (Å²) in [7, 11) is 3.41. The molecule has 0 aliphatic rings. The Hall–Kier alpha value is -2.57. The third-order valence-corrected chi connectivity index (χ3v) is 5.56. The van der Waals surface area contributed by atoms with Crippen LogP contribution in [0.5, 0.6) is 5.75 Å². The van der Waals surface area contributed by atoms with Crippen LogP contribution in [0.15, 0.2) is 54.8 Å². The minimum absolute atomic E-state index is 0.0648. The number of carbonyl (C=O) groups excluding carboxylic acids is 2. The number of methoxy groups -OCH3 is 2. The minimum atomic E-state index is -0.328. The molecular weight excluding hydrogens is 528 g/mol. The number of halogens is 1. The van der Waals surface area contributed by atoms with E-state index in [2.05, 4.69) is 44.7 Å². The van der Waals surface area contributed by atoms with E-state index in [-0.39, 0.29) is 33.7 Å². The molecule has 0 radical (unpaired) electrons. The van der Waals surface area contributed by atoms with Gasteiger partial charge in [-0.05, 0) is 76.7 Å². The summed E-state index contributed by atoms with van der Waals surface area (Å²) in [4.78, 5) is 21.1. The Morgan fingerprint density at radius 2 is 1.68 bits per heavy atom. The molecule has 0 saturated heterocycles. The summed E-state index contributed by atoms with van der Waals surface area (Å²) in [6.45, 7) is 25.6. The summed E-state index contributed by atoms with van der Waals surface area (Å²) >= 11 is 5.64. The zero-order chi connectivity index (χ0) is 31.9. The second kappa shape index (κ2) is 24.2. The number of hydrogen-bond acceptors (Lipinski definition) is 6. The summed E-state index contributed by atoms with van der Waals surface area (Å²) in [5.74, 6) is 1.47. The van der Waals surface area contributed by atoms with E-state index in [1.165, 1.54) is 44.7 Å². The van der Waals surface area contributed by atoms with Crippen molar-refractivity contribution in [1.29, 1.82) is 0 Å². The topological polar surface area (TPSA) is 82.1 Å². The Labute approximate surface area is 249 Å². The number of unbranched alkanes of at least 4 members (excludes halogenated alkanes) is 1. The SMILES string of the molecule is C=CC(C)C/C(=C/C(=C)C(C)CCCC)OC.CC(=O)OC(C)(C)C.CC(=O)c1c(O)cccc1Cl.CCOC. The Bertz CT molecular complexity index is 876. The van der Waals surface area contributed by atoms with Gasteiger partial charge in [-0.3, -0.25) is 9.59 Å². The zero-order valence-corrected chi connectivity index (χ0v) is 27.6. The molecule has 1 N–H and O–H groups in total. The summed E-state index contributed by atoms with van der Waals surface area (Å²) in [6, 6.07) is 4.59. The highest BCUT2D eigenvalue weighted by atomic mass is 35.5. The largest absolute Gasteiger partial charge is 0.507 e. The first kappa shape index (κ1) is 41.9. The zero-order valence-electron chi connectivity index (χ0n) is 26.9. The Kier molecular flexibility index (Phi) is 25.4. The number of carbonyl (C=O) groups is 2. The molecule has 1 rings (SSSR count). The second-order valence-corrected chi connectivity index (χ2v) is 10.7. The van der Waals surface area contributed by atoms with Crippen molar-refractivity contribution in [3.63, 3.8) is 0 Å². The molecule has 0 bridgehead atoms. The number of phenolic OH excluding ortho intramolecular Hbond substituents is 1. The molecule has 230 valence electrons. The molecule has 0 aliphatic carbocycles. The number of phenols is 1. The fourth-order valence-corrected chi connectivity index (χ4v) is 3.24. The number of ketones is 1. The number of aromatic hydroxyl groups is 1. The van der Waals surface area contributed by atoms with Crippen LogP contribution in [0.25, 0.3) is 0 Å². The highest BCUT2D eigenvalue weighted by Crippen LogP contribution is 2.25. The number of rotatable bonds is 11. The van der Waals surface area contributed by atoms with Crippen LogP contribution in [0.4, 0.5) is 0 Å². The van der Waals surface area contributed by atoms with Crippen molar-refractivity contribution in [2.75, 3.05) is 20.8 Å². The van der Waals surface area contributed by atoms with E-state index in [4.69, 9.17) is 26.2 Å². The van der Waals surface area contributed by atoms with E-state index in [1.54, 1.807) is 26.4 Å². The van der Waals surface area contributed by atoms with Crippen LogP contribution in [0.3, 0.4) is 0 Å². The fourth-order valence-electron chi connectivity index (χ4n) is 2.94. The van der Waals surface area contributed by atoms with Gasteiger partial charge in [0.05, 0.1) is 23.5 Å². The van der Waals surface area contributed by atoms with Gasteiger partial charge in [0.2, 0.25) is 0 Å². The molecule has 1 aromatic carbocycles. The van der Waals surface area contributed by atoms with E-state index in [9.17, 15) is 9.59 Å². The smallest absolute Gasteiger partial charge is 0.303 e. The van der Waals surface area contributed by atoms with Crippen LogP contribution in [0.2, 0.25) is 5.02 Å². The Morgan fingerprint density at radius 3 is 1.98 bits per heavy atom. The van der Waals surface area contributed by atoms with Gasteiger partial charge in [0, 0.05) is 27.1 Å². The van der Waals surface area contributed by atoms with Crippen molar-refractivity contribution in [3.8, 4) is 5.75 Å². The van der Waals surface area contributed by atoms with Crippen LogP contribution in [0.1, 0.15) is 98.4 Å². The highest BCUT2D eigenvalue weighted by Gasteiger charge is 2.12. The monoisotopic (exact) mass is 582 g/mol. The van der Waals surface area contributed by atoms with E-state index in [1.807, 2.05) is 33.8 Å². The van der Waals surface area contributed by atoms with Crippen LogP contribution < -0.4 is 0 Å². The molecule has 0 spiro atoms. The predicted octanol–water partition coefficient (Wildman–Crippen LogP) is 9.36. The molecule has 0 heterocycles. The highest BCUT2D eigenvalue weighted by molar-refractivity contribution is 6.34. The van der Waals surface area contributed by atoms with Crippen molar-refractivity contribution in [2.24, 2.45) is 11.8 Å². The molecule has 6 nitrogen and oxygen atoms in total. The van der Waals surface area contributed by atoms with Crippen LogP contribution in [-0.4, -0.2) is 43.3 Å². The molecule has 1 aromatic rings. The number of benzene rings is 1. The van der Waals surface area contributed by atoms with Crippen molar-refractivity contribution >= 4 is 23.4 Å². The Balaban J connectivity index is -0.000000510. The van der Waals surface area contributed by atoms with Gasteiger partial charge in [-0.25, -0.2) is 0 Å². The fraction of sp³-hybridized carbons (Fsp3) is 0.576. The lowest BCUT2D eigenvalue weighted by atomic mass is 9.95. The number of ether oxygens (including phenoxy) is 3. The molecule has 0 amide bonds. The summed E-state index contributed by atoms with van der Waals surface area (Å²) in [5, 5.41) is 9.45. The van der Waals surface area contributed by atoms with Gasteiger partial charge >= 0.3 is 5.97 Å². The Morgan fingerprint density at radius 1 is 1.12 bits per heavy atom. The third kappa shape index (κ3) is 24.5. The van der Waals surface area contributed by atoms with Gasteiger partial charge in [0.25, 0.3) is 0 Å². The van der Waals surface area contributed by atoms with Gasteiger partial charge in [0.1, 0.15) is 11.4 Å². The first-order valence-corrected chi connectivity index (χ1v) is 14.1. The van der Waals surface area contributed by atoms with Crippen molar-refractivity contribution < 1.29 is 28.9 Å². The lowest BCUT2D eigenvalue weighted by Gasteiger charge is -2.17. The second-order valence-electron chi connectivity index (χ2n) is 10.3. The average molecular weight is 583 g/mol. The van der Waals surface area contributed by atoms with Crippen LogP contribution in [0, 0.1) is 11.8 Å². The summed E-state index contributed by atoms with van der Waals surface area (Å²) in [5.41, 5.74) is 1.03. The van der Waals surface area contributed by atoms with Crippen molar-refractivity contribution in [2.45, 2.75) is 93.6 Å². The number of hydrogen-bond donors (Lipinski definition) is 1. The van der Waals surface area contributed by atoms with Gasteiger partial charge in [-0.1, -0.05) is 63.9 Å². The average Bonchev–Trinajstić information content (AvgIpc) is 2.85. The van der Waals surface area contributed by atoms with Crippen molar-refractivity contribution in [3.05, 3.63) is 65.4 Å². The maximum absolute atomic E-state index is 10.8.